The van der Waals surface area contributed by atoms with Gasteiger partial charge in [0.25, 0.3) is 0 Å². The third kappa shape index (κ3) is 27.0. The van der Waals surface area contributed by atoms with Crippen LogP contribution < -0.4 is 0 Å². The summed E-state index contributed by atoms with van der Waals surface area (Å²) >= 11 is 0. The molecule has 1 saturated carbocycles. The van der Waals surface area contributed by atoms with Crippen molar-refractivity contribution in [2.45, 2.75) is 210 Å². The first kappa shape index (κ1) is 57.4. The van der Waals surface area contributed by atoms with Crippen molar-refractivity contribution in [1.82, 2.24) is 0 Å². The number of allylic oxidation sites excluding steroid dienone is 10. The molecular weight excluding hydrogens is 843 g/mol. The topological polar surface area (TPSA) is 222 Å². The number of esters is 2. The molecule has 2 aliphatic rings. The summed E-state index contributed by atoms with van der Waals surface area (Å²) in [5.41, 5.74) is 0. The van der Waals surface area contributed by atoms with E-state index in [4.69, 9.17) is 23.3 Å². The second-order valence-electron chi connectivity index (χ2n) is 16.6. The standard InChI is InChI=1S/C49H81O14P/c1-3-5-7-9-11-12-13-14-15-16-17-18-19-20-23-27-31-35-42(50)59-37-39(38-60-64(57,58)63-49-47(55)45(53)44(52)46(54)48(49)56)61-43(51)36-32-28-24-21-22-26-30-34-41-40(62-41)33-29-25-10-8-6-4-2/h11-12,14-15,17-18,21,24-26,29-30,39-41,44-49,52-56H,3-10,13,16,19-20,22-23,27-28,31-38H2,1-2H3,(H,57,58)/b12-11-,15-14-,18-17-,24-21-,29-25-,30-26-/t39-,40?,41?,44?,45-,46+,47-,48-,49?/m1/s1. The molecule has 1 aliphatic carbocycles. The minimum absolute atomic E-state index is 0.00662. The van der Waals surface area contributed by atoms with Crippen molar-refractivity contribution in [3.8, 4) is 0 Å². The average molecular weight is 925 g/mol. The van der Waals surface area contributed by atoms with E-state index in [-0.39, 0.29) is 18.9 Å². The van der Waals surface area contributed by atoms with Crippen LogP contribution in [0.2, 0.25) is 0 Å². The molecule has 0 bridgehead atoms. The molecule has 10 atom stereocenters. The van der Waals surface area contributed by atoms with Gasteiger partial charge in [0.1, 0.15) is 43.2 Å². The highest BCUT2D eigenvalue weighted by molar-refractivity contribution is 7.47. The Bertz CT molecular complexity index is 1460. The van der Waals surface area contributed by atoms with Gasteiger partial charge in [0.05, 0.1) is 18.8 Å². The van der Waals surface area contributed by atoms with Crippen LogP contribution in [-0.2, 0) is 37.4 Å². The number of epoxide rings is 1. The van der Waals surface area contributed by atoms with Gasteiger partial charge in [0.2, 0.25) is 0 Å². The number of rotatable bonds is 37. The number of carbonyl (C=O) groups excluding carboxylic acids is 2. The van der Waals surface area contributed by atoms with Crippen LogP contribution in [0.3, 0.4) is 0 Å². The van der Waals surface area contributed by atoms with Gasteiger partial charge in [-0.3, -0.25) is 18.6 Å². The fourth-order valence-electron chi connectivity index (χ4n) is 6.91. The van der Waals surface area contributed by atoms with E-state index in [9.17, 15) is 44.6 Å². The molecule has 1 saturated heterocycles. The van der Waals surface area contributed by atoms with Gasteiger partial charge in [-0.05, 0) is 89.9 Å². The van der Waals surface area contributed by atoms with Crippen molar-refractivity contribution < 1.29 is 67.8 Å². The van der Waals surface area contributed by atoms with Crippen LogP contribution in [0.15, 0.2) is 72.9 Å². The minimum Gasteiger partial charge on any atom is -0.462 e. The number of hydrogen-bond donors (Lipinski definition) is 6. The van der Waals surface area contributed by atoms with E-state index in [2.05, 4.69) is 74.6 Å². The summed E-state index contributed by atoms with van der Waals surface area (Å²) in [4.78, 5) is 35.7. The second kappa shape index (κ2) is 35.4. The van der Waals surface area contributed by atoms with Crippen molar-refractivity contribution in [1.29, 1.82) is 0 Å². The van der Waals surface area contributed by atoms with Crippen LogP contribution in [0, 0.1) is 0 Å². The molecular formula is C49H81O14P. The number of unbranched alkanes of at least 4 members (excludes halogenated alkanes) is 11. The fourth-order valence-corrected chi connectivity index (χ4v) is 7.89. The van der Waals surface area contributed by atoms with Gasteiger partial charge in [0.15, 0.2) is 6.10 Å². The maximum Gasteiger partial charge on any atom is 0.472 e. The minimum atomic E-state index is -5.15. The van der Waals surface area contributed by atoms with Crippen molar-refractivity contribution in [2.24, 2.45) is 0 Å². The summed E-state index contributed by atoms with van der Waals surface area (Å²) in [6.45, 7) is 3.16. The number of aliphatic hydroxyl groups is 5. The molecule has 0 aromatic heterocycles. The van der Waals surface area contributed by atoms with E-state index in [0.29, 0.717) is 25.4 Å². The molecule has 366 valence electrons. The Kier molecular flexibility index (Phi) is 31.8. The van der Waals surface area contributed by atoms with Crippen LogP contribution in [0.25, 0.3) is 0 Å². The summed E-state index contributed by atoms with van der Waals surface area (Å²) in [7, 11) is -5.15. The number of hydrogen-bond acceptors (Lipinski definition) is 13. The second-order valence-corrected chi connectivity index (χ2v) is 18.0. The summed E-state index contributed by atoms with van der Waals surface area (Å²) in [5, 5.41) is 50.2. The van der Waals surface area contributed by atoms with Gasteiger partial charge in [0, 0.05) is 12.8 Å². The first-order valence-corrected chi connectivity index (χ1v) is 25.4. The molecule has 1 aliphatic heterocycles. The third-order valence-corrected chi connectivity index (χ3v) is 11.9. The van der Waals surface area contributed by atoms with Gasteiger partial charge >= 0.3 is 19.8 Å². The molecule has 0 amide bonds. The predicted octanol–water partition coefficient (Wildman–Crippen LogP) is 8.49. The van der Waals surface area contributed by atoms with E-state index >= 15 is 0 Å². The monoisotopic (exact) mass is 925 g/mol. The molecule has 0 aromatic carbocycles. The Labute approximate surface area is 382 Å². The van der Waals surface area contributed by atoms with Gasteiger partial charge in [-0.15, -0.1) is 0 Å². The Morgan fingerprint density at radius 1 is 0.547 bits per heavy atom. The fraction of sp³-hybridized carbons (Fsp3) is 0.714. The lowest BCUT2D eigenvalue weighted by Gasteiger charge is -2.41. The Morgan fingerprint density at radius 3 is 1.55 bits per heavy atom. The van der Waals surface area contributed by atoms with E-state index in [1.807, 2.05) is 12.2 Å². The largest absolute Gasteiger partial charge is 0.472 e. The molecule has 5 unspecified atom stereocenters. The SMILES string of the molecule is CCCCC/C=C\C/C=C\C/C=C\CCCCCCC(=O)OC[C@H](COP(=O)(O)OC1[C@H](O)[C@H](O)C(O)[C@H](O)[C@H]1O)OC(=O)CCC/C=C\C/C=C\CC1OC1C/C=C\CCCCC. The maximum atomic E-state index is 12.8. The maximum absolute atomic E-state index is 12.8. The van der Waals surface area contributed by atoms with Crippen LogP contribution in [0.4, 0.5) is 0 Å². The molecule has 0 radical (unpaired) electrons. The molecule has 2 rings (SSSR count). The van der Waals surface area contributed by atoms with Crippen LogP contribution >= 0.6 is 7.82 Å². The zero-order chi connectivity index (χ0) is 46.8. The van der Waals surface area contributed by atoms with Crippen molar-refractivity contribution in [2.75, 3.05) is 13.2 Å². The summed E-state index contributed by atoms with van der Waals surface area (Å²) < 4.78 is 39.2. The molecule has 14 nitrogen and oxygen atoms in total. The van der Waals surface area contributed by atoms with Gasteiger partial charge in [-0.25, -0.2) is 4.57 Å². The number of phosphoric acid groups is 1. The zero-order valence-electron chi connectivity index (χ0n) is 38.5. The van der Waals surface area contributed by atoms with E-state index < -0.39 is 75.7 Å². The quantitative estimate of drug-likeness (QED) is 0.0113. The highest BCUT2D eigenvalue weighted by atomic mass is 31.2. The predicted molar refractivity (Wildman–Crippen MR) is 248 cm³/mol. The highest BCUT2D eigenvalue weighted by Crippen LogP contribution is 2.47. The van der Waals surface area contributed by atoms with Crippen LogP contribution in [-0.4, -0.2) is 111 Å². The van der Waals surface area contributed by atoms with Gasteiger partial charge in [-0.2, -0.15) is 0 Å². The third-order valence-electron chi connectivity index (χ3n) is 10.9. The molecule has 0 aromatic rings. The summed E-state index contributed by atoms with van der Waals surface area (Å²) in [5.74, 6) is -1.20. The van der Waals surface area contributed by atoms with Crippen LogP contribution in [0.5, 0.6) is 0 Å². The lowest BCUT2D eigenvalue weighted by molar-refractivity contribution is -0.220. The molecule has 15 heteroatoms. The molecule has 1 heterocycles. The normalized spacial score (nSPS) is 25.4. The Balaban J connectivity index is 1.74. The van der Waals surface area contributed by atoms with Crippen LogP contribution in [0.1, 0.15) is 155 Å². The zero-order valence-corrected chi connectivity index (χ0v) is 39.4. The van der Waals surface area contributed by atoms with Gasteiger partial charge in [-0.1, -0.05) is 125 Å². The van der Waals surface area contributed by atoms with E-state index in [1.54, 1.807) is 0 Å². The highest BCUT2D eigenvalue weighted by Gasteiger charge is 2.51. The molecule has 64 heavy (non-hydrogen) atoms. The summed E-state index contributed by atoms with van der Waals surface area (Å²) in [6.07, 6.45) is 32.7. The van der Waals surface area contributed by atoms with Crippen molar-refractivity contribution >= 4 is 19.8 Å². The molecule has 0 spiro atoms. The summed E-state index contributed by atoms with van der Waals surface area (Å²) in [6, 6.07) is 0. The van der Waals surface area contributed by atoms with Crippen molar-refractivity contribution in [3.63, 3.8) is 0 Å². The Morgan fingerprint density at radius 2 is 0.984 bits per heavy atom. The molecule has 6 N–H and O–H groups in total. The number of aliphatic hydroxyl groups excluding tert-OH is 5. The number of ether oxygens (including phenoxy) is 3. The first-order chi connectivity index (χ1) is 30.9. The smallest absolute Gasteiger partial charge is 0.462 e. The first-order valence-electron chi connectivity index (χ1n) is 23.9. The van der Waals surface area contributed by atoms with E-state index in [0.717, 1.165) is 70.6 Å². The van der Waals surface area contributed by atoms with E-state index in [1.165, 1.54) is 38.5 Å². The number of phosphoric ester groups is 1. The lowest BCUT2D eigenvalue weighted by Crippen LogP contribution is -2.64. The average Bonchev–Trinajstić information content (AvgIpc) is 4.03. The number of carbonyl (C=O) groups is 2. The van der Waals surface area contributed by atoms with Gasteiger partial charge < -0.3 is 44.6 Å². The molecule has 2 fully saturated rings. The van der Waals surface area contributed by atoms with Crippen molar-refractivity contribution in [3.05, 3.63) is 72.9 Å². The Hall–Kier alpha value is -2.75. The lowest BCUT2D eigenvalue weighted by atomic mass is 9.85.